The summed E-state index contributed by atoms with van der Waals surface area (Å²) in [5, 5.41) is 2.61. The molecule has 3 rings (SSSR count). The smallest absolute Gasteiger partial charge is 0.258 e. The summed E-state index contributed by atoms with van der Waals surface area (Å²) in [6.45, 7) is 0. The molecule has 0 aliphatic carbocycles. The molecule has 0 atom stereocenters. The van der Waals surface area contributed by atoms with Crippen LogP contribution in [-0.2, 0) is 7.05 Å². The molecule has 0 aliphatic rings. The average Bonchev–Trinajstić information content (AvgIpc) is 3.03. The summed E-state index contributed by atoms with van der Waals surface area (Å²) in [7, 11) is 1.74. The number of ketones is 1. The Bertz CT molecular complexity index is 951. The van der Waals surface area contributed by atoms with E-state index in [1.54, 1.807) is 48.3 Å². The number of hydrogen-bond donors (Lipinski definition) is 1. The number of carbonyl (C=O) groups is 2. The zero-order valence-electron chi connectivity index (χ0n) is 13.2. The quantitative estimate of drug-likeness (QED) is 0.676. The van der Waals surface area contributed by atoms with Gasteiger partial charge >= 0.3 is 0 Å². The molecule has 1 N–H and O–H groups in total. The van der Waals surface area contributed by atoms with Gasteiger partial charge in [0.1, 0.15) is 5.82 Å². The first kappa shape index (κ1) is 17.0. The molecular weight excluding hydrogens is 389 g/mol. The Hall–Kier alpha value is -2.80. The van der Waals surface area contributed by atoms with Crippen molar-refractivity contribution in [3.63, 3.8) is 0 Å². The Morgan fingerprint density at radius 2 is 1.88 bits per heavy atom. The van der Waals surface area contributed by atoms with Gasteiger partial charge < -0.3 is 9.88 Å². The van der Waals surface area contributed by atoms with Gasteiger partial charge in [-0.25, -0.2) is 9.37 Å². The predicted octanol–water partition coefficient (Wildman–Crippen LogP) is 3.81. The van der Waals surface area contributed by atoms with E-state index in [-0.39, 0.29) is 11.3 Å². The first-order valence-electron chi connectivity index (χ1n) is 7.34. The van der Waals surface area contributed by atoms with E-state index in [4.69, 9.17) is 0 Å². The van der Waals surface area contributed by atoms with Crippen LogP contribution in [0.1, 0.15) is 26.5 Å². The lowest BCUT2D eigenvalue weighted by Crippen LogP contribution is -2.14. The van der Waals surface area contributed by atoms with Crippen LogP contribution in [0, 0.1) is 5.82 Å². The van der Waals surface area contributed by atoms with E-state index >= 15 is 0 Å². The minimum absolute atomic E-state index is 0.0671. The number of aromatic nitrogens is 2. The average molecular weight is 402 g/mol. The monoisotopic (exact) mass is 401 g/mol. The Morgan fingerprint density at radius 3 is 2.52 bits per heavy atom. The standard InChI is InChI=1S/C18H13BrFN3O2/c1-23-9-8-21-17(23)16(24)11-2-5-13(6-3-11)22-18(25)14-10-12(19)4-7-15(14)20/h2-10H,1H3,(H,22,25). The van der Waals surface area contributed by atoms with Gasteiger partial charge in [0.2, 0.25) is 5.78 Å². The van der Waals surface area contributed by atoms with Crippen LogP contribution in [0.25, 0.3) is 0 Å². The molecule has 0 unspecified atom stereocenters. The van der Waals surface area contributed by atoms with E-state index in [1.165, 1.54) is 18.2 Å². The highest BCUT2D eigenvalue weighted by Crippen LogP contribution is 2.18. The number of anilines is 1. The van der Waals surface area contributed by atoms with E-state index in [0.29, 0.717) is 21.5 Å². The highest BCUT2D eigenvalue weighted by atomic mass is 79.9. The van der Waals surface area contributed by atoms with Gasteiger partial charge in [0, 0.05) is 35.2 Å². The topological polar surface area (TPSA) is 64.0 Å². The van der Waals surface area contributed by atoms with Crippen LogP contribution in [-0.4, -0.2) is 21.2 Å². The zero-order chi connectivity index (χ0) is 18.0. The summed E-state index contributed by atoms with van der Waals surface area (Å²) in [5.74, 6) is -1.07. The summed E-state index contributed by atoms with van der Waals surface area (Å²) in [6, 6.07) is 10.5. The maximum Gasteiger partial charge on any atom is 0.258 e. The minimum Gasteiger partial charge on any atom is -0.331 e. The number of rotatable bonds is 4. The van der Waals surface area contributed by atoms with Gasteiger partial charge in [0.25, 0.3) is 5.91 Å². The van der Waals surface area contributed by atoms with Gasteiger partial charge in [-0.05, 0) is 42.5 Å². The van der Waals surface area contributed by atoms with Crippen LogP contribution >= 0.6 is 15.9 Å². The molecule has 7 heteroatoms. The molecule has 25 heavy (non-hydrogen) atoms. The van der Waals surface area contributed by atoms with Crippen LogP contribution in [0.4, 0.5) is 10.1 Å². The second-order valence-corrected chi connectivity index (χ2v) is 6.26. The molecule has 3 aromatic rings. The molecule has 1 heterocycles. The molecule has 0 saturated heterocycles. The number of aryl methyl sites for hydroxylation is 1. The molecule has 2 aromatic carbocycles. The van der Waals surface area contributed by atoms with Crippen LogP contribution in [0.3, 0.4) is 0 Å². The number of imidazole rings is 1. The molecule has 1 aromatic heterocycles. The molecule has 126 valence electrons. The second kappa shape index (κ2) is 6.98. The van der Waals surface area contributed by atoms with Gasteiger partial charge in [-0.3, -0.25) is 9.59 Å². The van der Waals surface area contributed by atoms with Gasteiger partial charge in [0.15, 0.2) is 5.82 Å². The van der Waals surface area contributed by atoms with Crippen LogP contribution in [0.2, 0.25) is 0 Å². The molecule has 0 aliphatic heterocycles. The Labute approximate surface area is 151 Å². The predicted molar refractivity (Wildman–Crippen MR) is 95.1 cm³/mol. The number of amides is 1. The van der Waals surface area contributed by atoms with Gasteiger partial charge in [-0.1, -0.05) is 15.9 Å². The third-order valence-electron chi connectivity index (χ3n) is 3.60. The van der Waals surface area contributed by atoms with E-state index in [0.717, 1.165) is 0 Å². The molecule has 5 nitrogen and oxygen atoms in total. The highest BCUT2D eigenvalue weighted by Gasteiger charge is 2.15. The van der Waals surface area contributed by atoms with Crippen molar-refractivity contribution in [3.05, 3.63) is 82.1 Å². The third-order valence-corrected chi connectivity index (χ3v) is 4.10. The molecule has 0 radical (unpaired) electrons. The summed E-state index contributed by atoms with van der Waals surface area (Å²) in [5.41, 5.74) is 0.837. The minimum atomic E-state index is -0.609. The summed E-state index contributed by atoms with van der Waals surface area (Å²) < 4.78 is 16.0. The van der Waals surface area contributed by atoms with Crippen molar-refractivity contribution in [2.45, 2.75) is 0 Å². The van der Waals surface area contributed by atoms with Crippen LogP contribution < -0.4 is 5.32 Å². The van der Waals surface area contributed by atoms with E-state index in [1.807, 2.05) is 0 Å². The lowest BCUT2D eigenvalue weighted by atomic mass is 10.1. The molecule has 0 spiro atoms. The highest BCUT2D eigenvalue weighted by molar-refractivity contribution is 9.10. The van der Waals surface area contributed by atoms with Crippen molar-refractivity contribution >= 4 is 33.3 Å². The number of benzene rings is 2. The summed E-state index contributed by atoms with van der Waals surface area (Å²) in [6.07, 6.45) is 3.24. The van der Waals surface area contributed by atoms with Crippen LogP contribution in [0.5, 0.6) is 0 Å². The van der Waals surface area contributed by atoms with Gasteiger partial charge in [-0.15, -0.1) is 0 Å². The van der Waals surface area contributed by atoms with Gasteiger partial charge in [-0.2, -0.15) is 0 Å². The van der Waals surface area contributed by atoms with E-state index < -0.39 is 11.7 Å². The largest absolute Gasteiger partial charge is 0.331 e. The maximum atomic E-state index is 13.8. The van der Waals surface area contributed by atoms with Crippen molar-refractivity contribution in [2.24, 2.45) is 7.05 Å². The normalized spacial score (nSPS) is 10.5. The van der Waals surface area contributed by atoms with Gasteiger partial charge in [0.05, 0.1) is 5.56 Å². The molecular formula is C18H13BrFN3O2. The van der Waals surface area contributed by atoms with Crippen molar-refractivity contribution in [2.75, 3.05) is 5.32 Å². The number of nitrogens with one attached hydrogen (secondary N) is 1. The van der Waals surface area contributed by atoms with Crippen molar-refractivity contribution in [1.29, 1.82) is 0 Å². The fourth-order valence-electron chi connectivity index (χ4n) is 2.29. The lowest BCUT2D eigenvalue weighted by Gasteiger charge is -2.08. The van der Waals surface area contributed by atoms with Crippen molar-refractivity contribution in [3.8, 4) is 0 Å². The Balaban J connectivity index is 1.77. The van der Waals surface area contributed by atoms with Crippen LogP contribution in [0.15, 0.2) is 59.3 Å². The molecule has 0 saturated carbocycles. The first-order valence-corrected chi connectivity index (χ1v) is 8.13. The fourth-order valence-corrected chi connectivity index (χ4v) is 2.65. The van der Waals surface area contributed by atoms with E-state index in [2.05, 4.69) is 26.2 Å². The third kappa shape index (κ3) is 3.66. The number of nitrogens with zero attached hydrogens (tertiary/aromatic N) is 2. The summed E-state index contributed by atoms with van der Waals surface area (Å²) >= 11 is 3.21. The maximum absolute atomic E-state index is 13.8. The zero-order valence-corrected chi connectivity index (χ0v) is 14.7. The lowest BCUT2D eigenvalue weighted by molar-refractivity contribution is 0.101. The number of hydrogen-bond acceptors (Lipinski definition) is 3. The SMILES string of the molecule is Cn1ccnc1C(=O)c1ccc(NC(=O)c2cc(Br)ccc2F)cc1. The second-order valence-electron chi connectivity index (χ2n) is 5.35. The molecule has 0 bridgehead atoms. The Kier molecular flexibility index (Phi) is 4.76. The van der Waals surface area contributed by atoms with E-state index in [9.17, 15) is 14.0 Å². The van der Waals surface area contributed by atoms with Crippen molar-refractivity contribution < 1.29 is 14.0 Å². The van der Waals surface area contributed by atoms with Crippen molar-refractivity contribution in [1.82, 2.24) is 9.55 Å². The number of carbonyl (C=O) groups excluding carboxylic acids is 2. The molecule has 0 fully saturated rings. The number of halogens is 2. The fraction of sp³-hybridized carbons (Fsp3) is 0.0556. The first-order chi connectivity index (χ1) is 12.0. The molecule has 1 amide bonds. The summed E-state index contributed by atoms with van der Waals surface area (Å²) in [4.78, 5) is 28.5. The Morgan fingerprint density at radius 1 is 1.16 bits per heavy atom.